The van der Waals surface area contributed by atoms with Crippen LogP contribution in [0.2, 0.25) is 0 Å². The van der Waals surface area contributed by atoms with Gasteiger partial charge in [0.25, 0.3) is 0 Å². The fourth-order valence-corrected chi connectivity index (χ4v) is 4.95. The summed E-state index contributed by atoms with van der Waals surface area (Å²) in [5.74, 6) is 0.0653. The van der Waals surface area contributed by atoms with Gasteiger partial charge in [-0.25, -0.2) is 9.10 Å². The molecule has 334 valence electrons. The first kappa shape index (κ1) is 62.6. The number of nitrogens with one attached hydrogen (secondary N) is 5. The van der Waals surface area contributed by atoms with Crippen LogP contribution in [-0.2, 0) is 19.2 Å². The van der Waals surface area contributed by atoms with Crippen molar-refractivity contribution in [3.05, 3.63) is 12.7 Å². The van der Waals surface area contributed by atoms with Crippen molar-refractivity contribution in [2.45, 2.75) is 193 Å². The van der Waals surface area contributed by atoms with Gasteiger partial charge in [0.05, 0.1) is 6.04 Å². The summed E-state index contributed by atoms with van der Waals surface area (Å²) in [5, 5.41) is 14.5. The number of nitrogens with zero attached hydrogens (tertiary/aromatic N) is 2. The molecular weight excluding hydrogens is 727 g/mol. The van der Waals surface area contributed by atoms with Crippen LogP contribution in [0.15, 0.2) is 12.7 Å². The number of rotatable bonds is 20. The molecule has 12 nitrogen and oxygen atoms in total. The van der Waals surface area contributed by atoms with Gasteiger partial charge in [-0.15, -0.1) is 6.58 Å². The minimum Gasteiger partial charge on any atom is -0.355 e. The molecule has 0 aromatic heterocycles. The van der Waals surface area contributed by atoms with E-state index < -0.39 is 6.04 Å². The predicted octanol–water partition coefficient (Wildman–Crippen LogP) is 7.93. The van der Waals surface area contributed by atoms with E-state index in [1.807, 2.05) is 36.9 Å². The number of likely N-dealkylation sites (tertiary alicyclic amines) is 1. The minimum atomic E-state index is -0.551. The highest BCUT2D eigenvalue weighted by atomic mass is 32.1. The first-order valence-electron chi connectivity index (χ1n) is 21.3. The largest absolute Gasteiger partial charge is 0.355 e. The molecule has 1 heterocycles. The van der Waals surface area contributed by atoms with Crippen molar-refractivity contribution in [1.82, 2.24) is 35.8 Å². The number of Topliss-reactive ketones (excluding diaryl/α,β-unsaturated/α-hetero) is 1. The van der Waals surface area contributed by atoms with E-state index in [1.165, 1.54) is 13.3 Å². The third kappa shape index (κ3) is 32.4. The molecule has 1 aliphatic heterocycles. The number of carbonyl (C=O) groups is 5. The van der Waals surface area contributed by atoms with Gasteiger partial charge in [0.15, 0.2) is 5.78 Å². The number of unbranched alkanes of at least 4 members (excludes halogenated alkanes) is 1. The van der Waals surface area contributed by atoms with E-state index in [1.54, 1.807) is 6.08 Å². The van der Waals surface area contributed by atoms with Gasteiger partial charge in [-0.05, 0) is 64.2 Å². The van der Waals surface area contributed by atoms with Crippen molar-refractivity contribution in [3.8, 4) is 0 Å². The average Bonchev–Trinajstić information content (AvgIpc) is 3.59. The second-order valence-electron chi connectivity index (χ2n) is 15.4. The summed E-state index contributed by atoms with van der Waals surface area (Å²) in [4.78, 5) is 58.6. The van der Waals surface area contributed by atoms with Crippen molar-refractivity contribution >= 4 is 43.4 Å². The molecule has 1 aliphatic rings. The van der Waals surface area contributed by atoms with Crippen LogP contribution in [0.1, 0.15) is 163 Å². The van der Waals surface area contributed by atoms with E-state index in [4.69, 9.17) is 0 Å². The quantitative estimate of drug-likeness (QED) is 0.0316. The van der Waals surface area contributed by atoms with Crippen LogP contribution in [0, 0.1) is 10.8 Å². The van der Waals surface area contributed by atoms with Gasteiger partial charge < -0.3 is 31.5 Å². The lowest BCUT2D eigenvalue weighted by Crippen LogP contribution is -2.60. The summed E-state index contributed by atoms with van der Waals surface area (Å²) in [6.07, 6.45) is 9.72. The van der Waals surface area contributed by atoms with Crippen LogP contribution >= 0.6 is 12.8 Å². The molecule has 0 aromatic carbocycles. The zero-order chi connectivity index (χ0) is 44.9. The van der Waals surface area contributed by atoms with E-state index in [0.717, 1.165) is 58.2 Å². The van der Waals surface area contributed by atoms with Crippen LogP contribution in [0.3, 0.4) is 0 Å². The standard InChI is InChI=1S/C24H49N5O2S.C8H15NO2.C4H7NO.C3H8.2C2H6/c1-10-24(8,9)20(21(30)28-14-11-12-18(28)4)27-22(31)26-19(23(5,6)7)16-25-13-15-29(32)17(2)3;1-3-4-5-8(7(2)11)9-6-10;1-2-3-5-4-6;1-3-2;2*1-2/h17-20,25,32H,10-16H2,1-9H3,(H2,26,27,31);6,8H,3-5H2,1-2H3,(H,9,10);2,4H,1,3H2,(H,5,6);3H2,1-2H3;2*1-2H3. The molecular formula is C43H91N7O5S. The Morgan fingerprint density at radius 1 is 0.964 bits per heavy atom. The van der Waals surface area contributed by atoms with Crippen LogP contribution in [-0.4, -0.2) is 103 Å². The third-order valence-electron chi connectivity index (χ3n) is 8.82. The van der Waals surface area contributed by atoms with Gasteiger partial charge in [-0.2, -0.15) is 0 Å². The Morgan fingerprint density at radius 2 is 1.52 bits per heavy atom. The number of urea groups is 1. The molecule has 0 saturated carbocycles. The lowest BCUT2D eigenvalue weighted by Gasteiger charge is -2.38. The molecule has 0 spiro atoms. The van der Waals surface area contributed by atoms with Gasteiger partial charge in [0.2, 0.25) is 18.7 Å². The van der Waals surface area contributed by atoms with Crippen LogP contribution in [0.4, 0.5) is 4.79 Å². The highest BCUT2D eigenvalue weighted by Crippen LogP contribution is 2.29. The topological polar surface area (TPSA) is 152 Å². The second kappa shape index (κ2) is 39.2. The average molecular weight is 818 g/mol. The van der Waals surface area contributed by atoms with E-state index in [2.05, 4.69) is 129 Å². The molecule has 0 radical (unpaired) electrons. The molecule has 0 aliphatic carbocycles. The number of carbonyl (C=O) groups excluding carboxylic acids is 5. The third-order valence-corrected chi connectivity index (χ3v) is 9.48. The zero-order valence-corrected chi connectivity index (χ0v) is 40.1. The number of hydrogen-bond acceptors (Lipinski definition) is 8. The van der Waals surface area contributed by atoms with E-state index in [-0.39, 0.29) is 46.7 Å². The fraction of sp³-hybridized carbons (Fsp3) is 0.837. The monoisotopic (exact) mass is 818 g/mol. The van der Waals surface area contributed by atoms with Crippen molar-refractivity contribution in [1.29, 1.82) is 0 Å². The van der Waals surface area contributed by atoms with Crippen molar-refractivity contribution in [2.75, 3.05) is 32.7 Å². The van der Waals surface area contributed by atoms with Crippen molar-refractivity contribution in [3.63, 3.8) is 0 Å². The molecule has 56 heavy (non-hydrogen) atoms. The Bertz CT molecular complexity index is 984. The summed E-state index contributed by atoms with van der Waals surface area (Å²) in [6.45, 7) is 41.6. The van der Waals surface area contributed by atoms with Crippen molar-refractivity contribution < 1.29 is 24.0 Å². The summed E-state index contributed by atoms with van der Waals surface area (Å²) < 4.78 is 1.99. The number of hydrogen-bond donors (Lipinski definition) is 6. The Morgan fingerprint density at radius 3 is 1.88 bits per heavy atom. The molecule has 1 rings (SSSR count). The Hall–Kier alpha value is -2.64. The van der Waals surface area contributed by atoms with Crippen LogP contribution < -0.4 is 26.6 Å². The van der Waals surface area contributed by atoms with Gasteiger partial charge in [-0.1, -0.05) is 128 Å². The minimum absolute atomic E-state index is 0.0324. The van der Waals surface area contributed by atoms with Gasteiger partial charge in [-0.3, -0.25) is 19.2 Å². The first-order chi connectivity index (χ1) is 26.2. The maximum Gasteiger partial charge on any atom is 0.315 e. The first-order valence-corrected chi connectivity index (χ1v) is 21.7. The molecule has 0 bridgehead atoms. The molecule has 13 heteroatoms. The van der Waals surface area contributed by atoms with E-state index >= 15 is 0 Å². The molecule has 1 fully saturated rings. The summed E-state index contributed by atoms with van der Waals surface area (Å²) in [6, 6.07) is -0.584. The highest BCUT2D eigenvalue weighted by Gasteiger charge is 2.40. The van der Waals surface area contributed by atoms with Gasteiger partial charge >= 0.3 is 6.03 Å². The molecule has 1 saturated heterocycles. The molecule has 4 atom stereocenters. The van der Waals surface area contributed by atoms with E-state index in [0.29, 0.717) is 32.0 Å². The summed E-state index contributed by atoms with van der Waals surface area (Å²) >= 11 is 4.48. The summed E-state index contributed by atoms with van der Waals surface area (Å²) in [7, 11) is 0. The Kier molecular flexibility index (Phi) is 43.8. The van der Waals surface area contributed by atoms with Crippen LogP contribution in [0.25, 0.3) is 0 Å². The summed E-state index contributed by atoms with van der Waals surface area (Å²) in [5.41, 5.74) is -0.467. The molecule has 5 amide bonds. The van der Waals surface area contributed by atoms with E-state index in [9.17, 15) is 24.0 Å². The van der Waals surface area contributed by atoms with Gasteiger partial charge in [0.1, 0.15) is 6.04 Å². The maximum absolute atomic E-state index is 13.4. The molecule has 4 unspecified atom stereocenters. The number of amides is 5. The van der Waals surface area contributed by atoms with Gasteiger partial charge in [0, 0.05) is 50.8 Å². The SMILES string of the molecule is C=CCNC=O.CC.CC.CCC.CCC(C)(C)C(NC(=O)NC(CNCCN(S)C(C)C)C(C)(C)C)C(=O)N1CCCC1C.CCCCC(NC=O)C(C)=O. The molecule has 0 aromatic rings. The fourth-order valence-electron chi connectivity index (χ4n) is 4.85. The molecule has 5 N–H and O–H groups in total. The Labute approximate surface area is 351 Å². The lowest BCUT2D eigenvalue weighted by molar-refractivity contribution is -0.136. The normalized spacial score (nSPS) is 14.7. The smallest absolute Gasteiger partial charge is 0.315 e. The number of ketones is 1. The predicted molar refractivity (Wildman–Crippen MR) is 243 cm³/mol. The van der Waals surface area contributed by atoms with Crippen molar-refractivity contribution in [2.24, 2.45) is 10.8 Å². The lowest BCUT2D eigenvalue weighted by atomic mass is 9.81. The Balaban J connectivity index is -0.000000294. The second-order valence-corrected chi connectivity index (χ2v) is 15.9. The van der Waals surface area contributed by atoms with Crippen LogP contribution in [0.5, 0.6) is 0 Å². The highest BCUT2D eigenvalue weighted by molar-refractivity contribution is 7.77. The maximum atomic E-state index is 13.4. The zero-order valence-electron chi connectivity index (χ0n) is 39.2. The number of thiol groups is 1.